The molecule has 23 heavy (non-hydrogen) atoms. The van der Waals surface area contributed by atoms with E-state index in [1.54, 1.807) is 0 Å². The van der Waals surface area contributed by atoms with Crippen LogP contribution in [-0.2, 0) is 10.0 Å². The number of benzene rings is 1. The van der Waals surface area contributed by atoms with Crippen molar-refractivity contribution < 1.29 is 8.42 Å². The van der Waals surface area contributed by atoms with Crippen LogP contribution in [0.2, 0.25) is 10.0 Å². The second-order valence-electron chi connectivity index (χ2n) is 6.14. The maximum absolute atomic E-state index is 12.7. The first kappa shape index (κ1) is 19.3. The Morgan fingerprint density at radius 1 is 1.04 bits per heavy atom. The van der Waals surface area contributed by atoms with Gasteiger partial charge in [-0.25, -0.2) is 8.42 Å². The molecule has 8 heteroatoms. The van der Waals surface area contributed by atoms with E-state index in [9.17, 15) is 8.42 Å². The van der Waals surface area contributed by atoms with Gasteiger partial charge in [0.1, 0.15) is 0 Å². The zero-order valence-corrected chi connectivity index (χ0v) is 15.8. The van der Waals surface area contributed by atoms with Crippen molar-refractivity contribution in [2.75, 3.05) is 19.6 Å². The predicted octanol–water partition coefficient (Wildman–Crippen LogP) is 3.57. The molecule has 0 unspecified atom stereocenters. The SMILES string of the molecule is Cl.O=S(=O)(c1cc(Cl)cc(Cl)c1)N1CCC(NCC2CC2)CC1. The second-order valence-corrected chi connectivity index (χ2v) is 8.95. The molecule has 0 amide bonds. The number of nitrogens with one attached hydrogen (secondary N) is 1. The molecule has 1 aromatic carbocycles. The van der Waals surface area contributed by atoms with Gasteiger partial charge in [0.05, 0.1) is 4.90 Å². The van der Waals surface area contributed by atoms with Crippen molar-refractivity contribution in [1.82, 2.24) is 9.62 Å². The third-order valence-electron chi connectivity index (χ3n) is 4.32. The maximum Gasteiger partial charge on any atom is 0.243 e. The topological polar surface area (TPSA) is 49.4 Å². The van der Waals surface area contributed by atoms with Crippen molar-refractivity contribution in [3.8, 4) is 0 Å². The summed E-state index contributed by atoms with van der Waals surface area (Å²) in [6.45, 7) is 2.14. The molecule has 0 atom stereocenters. The van der Waals surface area contributed by atoms with Crippen LogP contribution in [0.4, 0.5) is 0 Å². The van der Waals surface area contributed by atoms with Crippen LogP contribution in [0.3, 0.4) is 0 Å². The minimum absolute atomic E-state index is 0. The van der Waals surface area contributed by atoms with E-state index in [1.807, 2.05) is 0 Å². The molecule has 1 saturated carbocycles. The summed E-state index contributed by atoms with van der Waals surface area (Å²) in [6, 6.07) is 4.88. The highest BCUT2D eigenvalue weighted by molar-refractivity contribution is 7.89. The van der Waals surface area contributed by atoms with Gasteiger partial charge in [-0.2, -0.15) is 4.31 Å². The molecule has 130 valence electrons. The highest BCUT2D eigenvalue weighted by Crippen LogP contribution is 2.29. The van der Waals surface area contributed by atoms with Crippen molar-refractivity contribution in [2.45, 2.75) is 36.6 Å². The van der Waals surface area contributed by atoms with Crippen LogP contribution in [-0.4, -0.2) is 38.4 Å². The number of piperidine rings is 1. The van der Waals surface area contributed by atoms with Gasteiger partial charge in [0.25, 0.3) is 0 Å². The first-order valence-corrected chi connectivity index (χ1v) is 9.84. The van der Waals surface area contributed by atoms with E-state index in [1.165, 1.54) is 35.3 Å². The smallest absolute Gasteiger partial charge is 0.243 e. The molecular formula is C15H21Cl3N2O2S. The Bertz CT molecular complexity index is 622. The summed E-state index contributed by atoms with van der Waals surface area (Å²) < 4.78 is 26.9. The first-order valence-electron chi connectivity index (χ1n) is 7.65. The van der Waals surface area contributed by atoms with Crippen molar-refractivity contribution in [2.24, 2.45) is 5.92 Å². The minimum atomic E-state index is -3.51. The molecule has 1 aliphatic heterocycles. The monoisotopic (exact) mass is 398 g/mol. The van der Waals surface area contributed by atoms with E-state index in [-0.39, 0.29) is 17.3 Å². The van der Waals surface area contributed by atoms with Gasteiger partial charge < -0.3 is 5.32 Å². The van der Waals surface area contributed by atoms with Gasteiger partial charge >= 0.3 is 0 Å². The lowest BCUT2D eigenvalue weighted by atomic mass is 10.1. The van der Waals surface area contributed by atoms with Crippen LogP contribution < -0.4 is 5.32 Å². The van der Waals surface area contributed by atoms with Gasteiger partial charge in [0.15, 0.2) is 0 Å². The number of hydrogen-bond acceptors (Lipinski definition) is 3. The fraction of sp³-hybridized carbons (Fsp3) is 0.600. The average molecular weight is 400 g/mol. The third-order valence-corrected chi connectivity index (χ3v) is 6.63. The standard InChI is InChI=1S/C15H20Cl2N2O2S.ClH/c16-12-7-13(17)9-15(8-12)22(20,21)19-5-3-14(4-6-19)18-10-11-1-2-11;/h7-9,11,14,18H,1-6,10H2;1H. The number of rotatable bonds is 5. The molecule has 1 saturated heterocycles. The average Bonchev–Trinajstić information content (AvgIpc) is 3.29. The van der Waals surface area contributed by atoms with Gasteiger partial charge in [0.2, 0.25) is 10.0 Å². The molecule has 1 heterocycles. The Balaban J connectivity index is 0.00000192. The summed E-state index contributed by atoms with van der Waals surface area (Å²) >= 11 is 11.8. The fourth-order valence-corrected chi connectivity index (χ4v) is 4.98. The molecule has 0 aromatic heterocycles. The Morgan fingerprint density at radius 3 is 2.13 bits per heavy atom. The van der Waals surface area contributed by atoms with E-state index < -0.39 is 10.0 Å². The molecule has 4 nitrogen and oxygen atoms in total. The van der Waals surface area contributed by atoms with Crippen LogP contribution in [0.25, 0.3) is 0 Å². The lowest BCUT2D eigenvalue weighted by molar-refractivity contribution is 0.288. The summed E-state index contributed by atoms with van der Waals surface area (Å²) in [7, 11) is -3.51. The summed E-state index contributed by atoms with van der Waals surface area (Å²) in [5, 5.41) is 4.23. The number of sulfonamides is 1. The molecular weight excluding hydrogens is 379 g/mol. The first-order chi connectivity index (χ1) is 10.4. The predicted molar refractivity (Wildman–Crippen MR) is 96.2 cm³/mol. The Morgan fingerprint density at radius 2 is 1.61 bits per heavy atom. The maximum atomic E-state index is 12.7. The summed E-state index contributed by atoms with van der Waals surface area (Å²) in [4.78, 5) is 0.175. The summed E-state index contributed by atoms with van der Waals surface area (Å²) in [5.41, 5.74) is 0. The normalized spacial score (nSPS) is 20.3. The molecule has 0 radical (unpaired) electrons. The van der Waals surface area contributed by atoms with Crippen LogP contribution in [0.1, 0.15) is 25.7 Å². The molecule has 1 aliphatic carbocycles. The van der Waals surface area contributed by atoms with Crippen molar-refractivity contribution in [3.63, 3.8) is 0 Å². The second kappa shape index (κ2) is 7.89. The van der Waals surface area contributed by atoms with E-state index in [0.29, 0.717) is 29.2 Å². The summed E-state index contributed by atoms with van der Waals surface area (Å²) in [5.74, 6) is 0.843. The van der Waals surface area contributed by atoms with Gasteiger partial charge in [-0.05, 0) is 56.3 Å². The molecule has 3 rings (SSSR count). The third kappa shape index (κ3) is 4.97. The van der Waals surface area contributed by atoms with E-state index in [4.69, 9.17) is 23.2 Å². The summed E-state index contributed by atoms with van der Waals surface area (Å²) in [6.07, 6.45) is 4.35. The van der Waals surface area contributed by atoms with Crippen LogP contribution in [0, 0.1) is 5.92 Å². The van der Waals surface area contributed by atoms with Crippen molar-refractivity contribution >= 4 is 45.6 Å². The van der Waals surface area contributed by atoms with Gasteiger partial charge in [-0.3, -0.25) is 0 Å². The molecule has 2 aliphatic rings. The highest BCUT2D eigenvalue weighted by atomic mass is 35.5. The van der Waals surface area contributed by atoms with E-state index in [0.717, 1.165) is 25.3 Å². The zero-order valence-electron chi connectivity index (χ0n) is 12.7. The number of nitrogens with zero attached hydrogens (tertiary/aromatic N) is 1. The lowest BCUT2D eigenvalue weighted by Crippen LogP contribution is -2.45. The molecule has 0 bridgehead atoms. The Labute approximate surface area is 154 Å². The number of hydrogen-bond donors (Lipinski definition) is 1. The zero-order chi connectivity index (χ0) is 15.7. The minimum Gasteiger partial charge on any atom is -0.314 e. The molecule has 2 fully saturated rings. The van der Waals surface area contributed by atoms with E-state index in [2.05, 4.69) is 5.32 Å². The van der Waals surface area contributed by atoms with Gasteiger partial charge in [0, 0.05) is 29.2 Å². The van der Waals surface area contributed by atoms with Gasteiger partial charge in [-0.1, -0.05) is 23.2 Å². The van der Waals surface area contributed by atoms with Crippen LogP contribution in [0.15, 0.2) is 23.1 Å². The lowest BCUT2D eigenvalue weighted by Gasteiger charge is -2.31. The molecule has 1 N–H and O–H groups in total. The molecule has 0 spiro atoms. The quantitative estimate of drug-likeness (QED) is 0.823. The molecule has 1 aromatic rings. The van der Waals surface area contributed by atoms with Crippen LogP contribution >= 0.6 is 35.6 Å². The van der Waals surface area contributed by atoms with Crippen molar-refractivity contribution in [3.05, 3.63) is 28.2 Å². The van der Waals surface area contributed by atoms with Gasteiger partial charge in [-0.15, -0.1) is 12.4 Å². The largest absolute Gasteiger partial charge is 0.314 e. The van der Waals surface area contributed by atoms with Crippen molar-refractivity contribution in [1.29, 1.82) is 0 Å². The Hall–Kier alpha value is -0.0400. The number of halogens is 3. The fourth-order valence-electron chi connectivity index (χ4n) is 2.78. The van der Waals surface area contributed by atoms with Crippen LogP contribution in [0.5, 0.6) is 0 Å². The Kier molecular flexibility index (Phi) is 6.62. The highest BCUT2D eigenvalue weighted by Gasteiger charge is 2.30. The van der Waals surface area contributed by atoms with E-state index >= 15 is 0 Å².